The molecule has 1 atom stereocenters. The predicted octanol–water partition coefficient (Wildman–Crippen LogP) is 2.91. The van der Waals surface area contributed by atoms with Crippen LogP contribution >= 0.6 is 11.3 Å². The van der Waals surface area contributed by atoms with Crippen LogP contribution in [0.5, 0.6) is 0 Å². The molecule has 2 aromatic rings. The van der Waals surface area contributed by atoms with Crippen molar-refractivity contribution in [1.82, 2.24) is 5.32 Å². The van der Waals surface area contributed by atoms with Crippen molar-refractivity contribution in [3.05, 3.63) is 45.6 Å². The Labute approximate surface area is 147 Å². The van der Waals surface area contributed by atoms with Gasteiger partial charge in [-0.25, -0.2) is 8.42 Å². The summed E-state index contributed by atoms with van der Waals surface area (Å²) in [5.41, 5.74) is 2.50. The van der Waals surface area contributed by atoms with Gasteiger partial charge in [0, 0.05) is 20.8 Å². The number of nitrogens with zero attached hydrogens (tertiary/aromatic N) is 1. The Hall–Kier alpha value is -1.41. The quantitative estimate of drug-likeness (QED) is 0.827. The summed E-state index contributed by atoms with van der Waals surface area (Å²) in [7, 11) is -0.247. The number of fused-ring (bicyclic) bond motifs is 2. The molecule has 0 saturated heterocycles. The minimum absolute atomic E-state index is 0.132. The van der Waals surface area contributed by atoms with Crippen LogP contribution in [0, 0.1) is 6.92 Å². The van der Waals surface area contributed by atoms with Crippen LogP contribution in [0.15, 0.2) is 34.5 Å². The van der Waals surface area contributed by atoms with Crippen molar-refractivity contribution < 1.29 is 13.2 Å². The molecule has 24 heavy (non-hydrogen) atoms. The monoisotopic (exact) mass is 366 g/mol. The molecule has 7 heteroatoms. The fourth-order valence-corrected chi connectivity index (χ4v) is 5.58. The second kappa shape index (κ2) is 6.84. The third kappa shape index (κ3) is 2.97. The van der Waals surface area contributed by atoms with Gasteiger partial charge in [-0.15, -0.1) is 11.3 Å². The summed E-state index contributed by atoms with van der Waals surface area (Å²) in [6.45, 7) is 3.35. The van der Waals surface area contributed by atoms with E-state index >= 15 is 0 Å². The van der Waals surface area contributed by atoms with Gasteiger partial charge in [0.15, 0.2) is 0 Å². The first kappa shape index (κ1) is 17.4. The van der Waals surface area contributed by atoms with Gasteiger partial charge in [-0.3, -0.25) is 4.31 Å². The van der Waals surface area contributed by atoms with Crippen molar-refractivity contribution in [1.29, 1.82) is 0 Å². The molecule has 0 fully saturated rings. The van der Waals surface area contributed by atoms with Gasteiger partial charge in [-0.05, 0) is 48.5 Å². The van der Waals surface area contributed by atoms with Crippen molar-refractivity contribution in [2.75, 3.05) is 31.6 Å². The Morgan fingerprint density at radius 3 is 2.88 bits per heavy atom. The van der Waals surface area contributed by atoms with Gasteiger partial charge in [0.2, 0.25) is 0 Å². The van der Waals surface area contributed by atoms with E-state index in [0.29, 0.717) is 11.5 Å². The summed E-state index contributed by atoms with van der Waals surface area (Å²) in [5.74, 6) is 0. The van der Waals surface area contributed by atoms with Gasteiger partial charge < -0.3 is 10.1 Å². The summed E-state index contributed by atoms with van der Waals surface area (Å²) in [4.78, 5) is 1.42. The summed E-state index contributed by atoms with van der Waals surface area (Å²) in [6, 6.07) is 7.41. The molecule has 3 rings (SSSR count). The van der Waals surface area contributed by atoms with Gasteiger partial charge in [-0.1, -0.05) is 12.1 Å². The molecule has 130 valence electrons. The molecule has 1 aliphatic heterocycles. The number of methoxy groups -OCH3 is 1. The van der Waals surface area contributed by atoms with E-state index in [0.717, 1.165) is 34.7 Å². The number of rotatable bonds is 5. The fraction of sp³-hybridized carbons (Fsp3) is 0.412. The largest absolute Gasteiger partial charge is 0.385 e. The van der Waals surface area contributed by atoms with Crippen LogP contribution in [0.4, 0.5) is 5.69 Å². The molecule has 0 radical (unpaired) electrons. The van der Waals surface area contributed by atoms with Crippen molar-refractivity contribution in [3.63, 3.8) is 0 Å². The molecule has 1 unspecified atom stereocenters. The van der Waals surface area contributed by atoms with Crippen molar-refractivity contribution >= 4 is 27.0 Å². The van der Waals surface area contributed by atoms with Gasteiger partial charge in [0.05, 0.1) is 21.5 Å². The summed E-state index contributed by atoms with van der Waals surface area (Å²) < 4.78 is 32.6. The average Bonchev–Trinajstić information content (AvgIpc) is 3.01. The lowest BCUT2D eigenvalue weighted by atomic mass is 10.0. The molecule has 0 amide bonds. The molecule has 1 N–H and O–H groups in total. The standard InChI is InChI=1S/C17H22N2O3S2/c1-12-5-6-13-15(11-12)24(20,21)19(2)14-7-10-23-17(14)16(13)18-8-4-9-22-3/h5-7,10-11,16,18H,4,8-9H2,1-3H3. The maximum absolute atomic E-state index is 13.0. The zero-order valence-electron chi connectivity index (χ0n) is 14.1. The maximum atomic E-state index is 13.0. The highest BCUT2D eigenvalue weighted by molar-refractivity contribution is 7.92. The Morgan fingerprint density at radius 1 is 1.33 bits per heavy atom. The highest BCUT2D eigenvalue weighted by atomic mass is 32.2. The van der Waals surface area contributed by atoms with Crippen molar-refractivity contribution in [2.24, 2.45) is 0 Å². The smallest absolute Gasteiger partial charge is 0.264 e. The van der Waals surface area contributed by atoms with E-state index in [-0.39, 0.29) is 6.04 Å². The second-order valence-corrected chi connectivity index (χ2v) is 8.80. The van der Waals surface area contributed by atoms with E-state index in [9.17, 15) is 8.42 Å². The Bertz CT molecular complexity index is 830. The highest BCUT2D eigenvalue weighted by Crippen LogP contribution is 2.43. The number of sulfonamides is 1. The van der Waals surface area contributed by atoms with Gasteiger partial charge in [-0.2, -0.15) is 0 Å². The molecular formula is C17H22N2O3S2. The number of nitrogens with one attached hydrogen (secondary N) is 1. The van der Waals surface area contributed by atoms with Crippen LogP contribution in [-0.4, -0.2) is 35.7 Å². The first-order chi connectivity index (χ1) is 11.5. The number of hydrogen-bond donors (Lipinski definition) is 1. The molecular weight excluding hydrogens is 344 g/mol. The maximum Gasteiger partial charge on any atom is 0.264 e. The van der Waals surface area contributed by atoms with E-state index in [1.54, 1.807) is 31.6 Å². The molecule has 2 heterocycles. The van der Waals surface area contributed by atoms with E-state index in [4.69, 9.17) is 4.74 Å². The number of hydrogen-bond acceptors (Lipinski definition) is 5. The molecule has 0 spiro atoms. The second-order valence-electron chi connectivity index (χ2n) is 5.92. The van der Waals surface area contributed by atoms with Crippen molar-refractivity contribution in [2.45, 2.75) is 24.3 Å². The van der Waals surface area contributed by atoms with Crippen LogP contribution in [0.25, 0.3) is 0 Å². The highest BCUT2D eigenvalue weighted by Gasteiger charge is 2.35. The van der Waals surface area contributed by atoms with E-state index in [1.165, 1.54) is 4.31 Å². The number of benzene rings is 1. The number of ether oxygens (including phenoxy) is 1. The zero-order valence-corrected chi connectivity index (χ0v) is 15.7. The Morgan fingerprint density at radius 2 is 2.12 bits per heavy atom. The van der Waals surface area contributed by atoms with Gasteiger partial charge in [0.1, 0.15) is 0 Å². The number of thiophene rings is 1. The molecule has 1 aromatic heterocycles. The predicted molar refractivity (Wildman–Crippen MR) is 97.4 cm³/mol. The molecule has 1 aromatic carbocycles. The minimum Gasteiger partial charge on any atom is -0.385 e. The minimum atomic E-state index is -3.56. The van der Waals surface area contributed by atoms with Gasteiger partial charge >= 0.3 is 0 Å². The van der Waals surface area contributed by atoms with Crippen molar-refractivity contribution in [3.8, 4) is 0 Å². The average molecular weight is 367 g/mol. The first-order valence-electron chi connectivity index (χ1n) is 7.86. The third-order valence-electron chi connectivity index (χ3n) is 4.27. The molecule has 5 nitrogen and oxygen atoms in total. The summed E-state index contributed by atoms with van der Waals surface area (Å²) >= 11 is 1.58. The van der Waals surface area contributed by atoms with Crippen LogP contribution < -0.4 is 9.62 Å². The lowest BCUT2D eigenvalue weighted by Gasteiger charge is -2.19. The number of anilines is 1. The third-order valence-corrected chi connectivity index (χ3v) is 7.07. The Balaban J connectivity index is 2.11. The Kier molecular flexibility index (Phi) is 4.96. The van der Waals surface area contributed by atoms with Crippen LogP contribution in [0.1, 0.15) is 28.5 Å². The van der Waals surface area contributed by atoms with E-state index in [1.807, 2.05) is 30.5 Å². The van der Waals surface area contributed by atoms with E-state index < -0.39 is 10.0 Å². The van der Waals surface area contributed by atoms with Crippen LogP contribution in [-0.2, 0) is 14.8 Å². The topological polar surface area (TPSA) is 58.6 Å². The first-order valence-corrected chi connectivity index (χ1v) is 10.2. The molecule has 0 aliphatic carbocycles. The number of aryl methyl sites for hydroxylation is 1. The van der Waals surface area contributed by atoms with Crippen LogP contribution in [0.3, 0.4) is 0 Å². The molecule has 1 aliphatic rings. The van der Waals surface area contributed by atoms with E-state index in [2.05, 4.69) is 5.32 Å². The SMILES string of the molecule is COCCCNC1c2ccc(C)cc2S(=O)(=O)N(C)c2ccsc21. The molecule has 0 saturated carbocycles. The lowest BCUT2D eigenvalue weighted by molar-refractivity contribution is 0.193. The summed E-state index contributed by atoms with van der Waals surface area (Å²) in [5, 5.41) is 5.46. The zero-order chi connectivity index (χ0) is 17.3. The summed E-state index contributed by atoms with van der Waals surface area (Å²) in [6.07, 6.45) is 0.873. The normalized spacial score (nSPS) is 18.8. The van der Waals surface area contributed by atoms with Crippen LogP contribution in [0.2, 0.25) is 0 Å². The lowest BCUT2D eigenvalue weighted by Crippen LogP contribution is -2.26. The fourth-order valence-electron chi connectivity index (χ4n) is 2.98. The molecule has 0 bridgehead atoms. The van der Waals surface area contributed by atoms with Gasteiger partial charge in [0.25, 0.3) is 10.0 Å².